The van der Waals surface area contributed by atoms with Crippen molar-refractivity contribution in [1.29, 1.82) is 0 Å². The van der Waals surface area contributed by atoms with Crippen molar-refractivity contribution in [3.8, 4) is 0 Å². The normalized spacial score (nSPS) is 10.0. The number of carbonyl (C=O) groups excluding carboxylic acids is 1. The van der Waals surface area contributed by atoms with Gasteiger partial charge in [-0.3, -0.25) is 10.2 Å². The molecule has 0 aliphatic heterocycles. The summed E-state index contributed by atoms with van der Waals surface area (Å²) in [4.78, 5) is 10.8. The van der Waals surface area contributed by atoms with Gasteiger partial charge in [0, 0.05) is 4.47 Å². The van der Waals surface area contributed by atoms with Gasteiger partial charge >= 0.3 is 0 Å². The first-order valence-corrected chi connectivity index (χ1v) is 5.34. The number of halogens is 1. The van der Waals surface area contributed by atoms with Gasteiger partial charge in [0.15, 0.2) is 0 Å². The molecule has 0 unspecified atom stereocenters. The number of ether oxygens (including phenoxy) is 1. The highest BCUT2D eigenvalue weighted by molar-refractivity contribution is 9.10. The van der Waals surface area contributed by atoms with Gasteiger partial charge in [0.2, 0.25) is 5.91 Å². The molecule has 0 heterocycles. The van der Waals surface area contributed by atoms with Crippen LogP contribution in [0, 0.1) is 0 Å². The van der Waals surface area contributed by atoms with Crippen molar-refractivity contribution in [2.45, 2.75) is 13.0 Å². The first kappa shape index (κ1) is 12.2. The maximum absolute atomic E-state index is 10.8. The fourth-order valence-corrected chi connectivity index (χ4v) is 1.43. The van der Waals surface area contributed by atoms with E-state index in [2.05, 4.69) is 15.9 Å². The van der Waals surface area contributed by atoms with E-state index in [1.54, 1.807) is 0 Å². The van der Waals surface area contributed by atoms with Gasteiger partial charge in [0.25, 0.3) is 0 Å². The third kappa shape index (κ3) is 4.42. The molecule has 0 bridgehead atoms. The number of nitrogens with one attached hydrogen (secondary N) is 1. The molecule has 0 aliphatic rings. The Kier molecular flexibility index (Phi) is 5.31. The average molecular weight is 273 g/mol. The Morgan fingerprint density at radius 1 is 1.47 bits per heavy atom. The summed E-state index contributed by atoms with van der Waals surface area (Å²) in [5.74, 6) is 4.71. The third-order valence-electron chi connectivity index (χ3n) is 1.85. The van der Waals surface area contributed by atoms with Gasteiger partial charge < -0.3 is 4.74 Å². The van der Waals surface area contributed by atoms with Crippen molar-refractivity contribution in [2.75, 3.05) is 6.61 Å². The van der Waals surface area contributed by atoms with Crippen molar-refractivity contribution in [2.24, 2.45) is 5.84 Å². The topological polar surface area (TPSA) is 64.3 Å². The minimum Gasteiger partial charge on any atom is -0.376 e. The van der Waals surface area contributed by atoms with Crippen molar-refractivity contribution >= 4 is 21.8 Å². The Morgan fingerprint density at radius 2 is 2.20 bits per heavy atom. The quantitative estimate of drug-likeness (QED) is 0.368. The third-order valence-corrected chi connectivity index (χ3v) is 2.62. The number of benzene rings is 1. The first-order valence-electron chi connectivity index (χ1n) is 4.54. The van der Waals surface area contributed by atoms with E-state index in [1.807, 2.05) is 29.7 Å². The molecule has 1 rings (SSSR count). The van der Waals surface area contributed by atoms with Crippen LogP contribution in [0.15, 0.2) is 28.7 Å². The molecule has 3 N–H and O–H groups in total. The van der Waals surface area contributed by atoms with Gasteiger partial charge in [0.1, 0.15) is 0 Å². The van der Waals surface area contributed by atoms with E-state index in [-0.39, 0.29) is 12.3 Å². The smallest absolute Gasteiger partial charge is 0.236 e. The molecular formula is C10H13BrN2O2. The molecule has 15 heavy (non-hydrogen) atoms. The SMILES string of the molecule is NNC(=O)CCOCc1ccccc1Br. The Hall–Kier alpha value is -0.910. The average Bonchev–Trinajstić information content (AvgIpc) is 2.26. The number of carbonyl (C=O) groups is 1. The molecule has 0 aliphatic carbocycles. The summed E-state index contributed by atoms with van der Waals surface area (Å²) in [6.07, 6.45) is 0.279. The summed E-state index contributed by atoms with van der Waals surface area (Å²) in [6, 6.07) is 7.80. The van der Waals surface area contributed by atoms with E-state index >= 15 is 0 Å². The largest absolute Gasteiger partial charge is 0.376 e. The Balaban J connectivity index is 2.26. The van der Waals surface area contributed by atoms with Crippen molar-refractivity contribution in [3.05, 3.63) is 34.3 Å². The fourth-order valence-electron chi connectivity index (χ4n) is 1.03. The molecule has 0 spiro atoms. The lowest BCUT2D eigenvalue weighted by molar-refractivity contribution is -0.122. The molecule has 0 aromatic heterocycles. The second kappa shape index (κ2) is 6.55. The maximum Gasteiger partial charge on any atom is 0.236 e. The predicted octanol–water partition coefficient (Wildman–Crippen LogP) is 1.35. The Labute approximate surface area is 96.9 Å². The summed E-state index contributed by atoms with van der Waals surface area (Å²) in [6.45, 7) is 0.851. The van der Waals surface area contributed by atoms with Crippen LogP contribution in [-0.4, -0.2) is 12.5 Å². The molecule has 4 nitrogen and oxygen atoms in total. The number of amides is 1. The molecular weight excluding hydrogens is 260 g/mol. The van der Waals surface area contributed by atoms with Crippen molar-refractivity contribution < 1.29 is 9.53 Å². The minimum absolute atomic E-state index is 0.220. The summed E-state index contributed by atoms with van der Waals surface area (Å²) < 4.78 is 6.33. The van der Waals surface area contributed by atoms with Gasteiger partial charge in [-0.2, -0.15) is 0 Å². The van der Waals surface area contributed by atoms with Crippen LogP contribution in [0.1, 0.15) is 12.0 Å². The lowest BCUT2D eigenvalue weighted by atomic mass is 10.2. The second-order valence-electron chi connectivity index (χ2n) is 2.96. The number of hydrazine groups is 1. The van der Waals surface area contributed by atoms with Crippen LogP contribution in [0.3, 0.4) is 0 Å². The highest BCUT2D eigenvalue weighted by Gasteiger charge is 2.00. The van der Waals surface area contributed by atoms with E-state index in [9.17, 15) is 4.79 Å². The summed E-state index contributed by atoms with van der Waals surface area (Å²) in [5.41, 5.74) is 3.11. The van der Waals surface area contributed by atoms with Crippen LogP contribution in [0.25, 0.3) is 0 Å². The Morgan fingerprint density at radius 3 is 2.87 bits per heavy atom. The van der Waals surface area contributed by atoms with Crippen LogP contribution in [0.2, 0.25) is 0 Å². The molecule has 0 fully saturated rings. The highest BCUT2D eigenvalue weighted by atomic mass is 79.9. The predicted molar refractivity (Wildman–Crippen MR) is 60.7 cm³/mol. The summed E-state index contributed by atoms with van der Waals surface area (Å²) in [5, 5.41) is 0. The van der Waals surface area contributed by atoms with Gasteiger partial charge in [-0.05, 0) is 11.6 Å². The molecule has 1 amide bonds. The van der Waals surface area contributed by atoms with Crippen LogP contribution < -0.4 is 11.3 Å². The zero-order chi connectivity index (χ0) is 11.1. The van der Waals surface area contributed by atoms with Crippen LogP contribution in [0.5, 0.6) is 0 Å². The van der Waals surface area contributed by atoms with Crippen molar-refractivity contribution in [1.82, 2.24) is 5.43 Å². The second-order valence-corrected chi connectivity index (χ2v) is 3.82. The molecule has 0 saturated heterocycles. The number of nitrogens with two attached hydrogens (primary N) is 1. The lowest BCUT2D eigenvalue weighted by Crippen LogP contribution is -2.30. The van der Waals surface area contributed by atoms with Gasteiger partial charge in [-0.25, -0.2) is 5.84 Å². The zero-order valence-corrected chi connectivity index (χ0v) is 9.79. The molecule has 82 valence electrons. The van der Waals surface area contributed by atoms with E-state index in [0.717, 1.165) is 10.0 Å². The molecule has 0 saturated carbocycles. The molecule has 0 radical (unpaired) electrons. The first-order chi connectivity index (χ1) is 7.24. The van der Waals surface area contributed by atoms with Crippen LogP contribution in [-0.2, 0) is 16.1 Å². The van der Waals surface area contributed by atoms with Crippen molar-refractivity contribution in [3.63, 3.8) is 0 Å². The zero-order valence-electron chi connectivity index (χ0n) is 8.20. The van der Waals surface area contributed by atoms with Gasteiger partial charge in [-0.1, -0.05) is 34.1 Å². The lowest BCUT2D eigenvalue weighted by Gasteiger charge is -2.05. The maximum atomic E-state index is 10.8. The van der Waals surface area contributed by atoms with E-state index in [0.29, 0.717) is 13.2 Å². The van der Waals surface area contributed by atoms with E-state index in [1.165, 1.54) is 0 Å². The fraction of sp³-hybridized carbons (Fsp3) is 0.300. The Bertz CT molecular complexity index is 331. The van der Waals surface area contributed by atoms with Gasteiger partial charge in [0.05, 0.1) is 19.6 Å². The molecule has 5 heteroatoms. The van der Waals surface area contributed by atoms with Crippen LogP contribution >= 0.6 is 15.9 Å². The number of hydrogen-bond donors (Lipinski definition) is 2. The highest BCUT2D eigenvalue weighted by Crippen LogP contribution is 2.16. The minimum atomic E-state index is -0.220. The van der Waals surface area contributed by atoms with Gasteiger partial charge in [-0.15, -0.1) is 0 Å². The van der Waals surface area contributed by atoms with E-state index < -0.39 is 0 Å². The summed E-state index contributed by atoms with van der Waals surface area (Å²) in [7, 11) is 0. The molecule has 0 atom stereocenters. The standard InChI is InChI=1S/C10H13BrN2O2/c11-9-4-2-1-3-8(9)7-15-6-5-10(14)13-12/h1-4H,5-7,12H2,(H,13,14). The monoisotopic (exact) mass is 272 g/mol. The molecule has 1 aromatic carbocycles. The number of hydrogen-bond acceptors (Lipinski definition) is 3. The molecule has 1 aromatic rings. The van der Waals surface area contributed by atoms with E-state index in [4.69, 9.17) is 10.6 Å². The summed E-state index contributed by atoms with van der Waals surface area (Å²) >= 11 is 3.41. The number of rotatable bonds is 5. The van der Waals surface area contributed by atoms with Crippen LogP contribution in [0.4, 0.5) is 0 Å².